The smallest absolute Gasteiger partial charge is 0.435 e. The zero-order valence-corrected chi connectivity index (χ0v) is 20.7. The van der Waals surface area contributed by atoms with Crippen LogP contribution in [0.5, 0.6) is 0 Å². The molecule has 0 aromatic carbocycles. The first kappa shape index (κ1) is 26.4. The van der Waals surface area contributed by atoms with Crippen LogP contribution in [0.2, 0.25) is 0 Å². The summed E-state index contributed by atoms with van der Waals surface area (Å²) in [6, 6.07) is -0.479. The van der Waals surface area contributed by atoms with Gasteiger partial charge in [-0.1, -0.05) is 6.08 Å². The molecule has 4 rings (SSSR count). The van der Waals surface area contributed by atoms with E-state index < -0.39 is 17.9 Å². The minimum absolute atomic E-state index is 0.0667. The Morgan fingerprint density at radius 3 is 2.47 bits per heavy atom. The van der Waals surface area contributed by atoms with Gasteiger partial charge in [0.25, 0.3) is 0 Å². The highest BCUT2D eigenvalue weighted by Gasteiger charge is 2.42. The average molecular weight is 512 g/mol. The fourth-order valence-electron chi connectivity index (χ4n) is 5.57. The first-order valence-electron chi connectivity index (χ1n) is 12.7. The highest BCUT2D eigenvalue weighted by Crippen LogP contribution is 2.39. The van der Waals surface area contributed by atoms with E-state index in [1.165, 1.54) is 10.8 Å². The van der Waals surface area contributed by atoms with Crippen LogP contribution in [0.1, 0.15) is 81.8 Å². The van der Waals surface area contributed by atoms with Crippen molar-refractivity contribution in [2.45, 2.75) is 84.0 Å². The summed E-state index contributed by atoms with van der Waals surface area (Å²) in [4.78, 5) is 26.7. The van der Waals surface area contributed by atoms with Crippen LogP contribution >= 0.6 is 0 Å². The molecule has 1 aromatic heterocycles. The third-order valence-electron chi connectivity index (χ3n) is 7.68. The summed E-state index contributed by atoms with van der Waals surface area (Å²) < 4.78 is 61.3. The molecule has 0 saturated heterocycles. The fraction of sp³-hybridized carbons (Fsp3) is 0.654. The molecule has 10 heteroatoms. The Morgan fingerprint density at radius 1 is 1.14 bits per heavy atom. The molecule has 1 aromatic rings. The molecule has 0 radical (unpaired) electrons. The Kier molecular flexibility index (Phi) is 7.90. The molecule has 1 aliphatic heterocycles. The molecule has 3 aliphatic rings. The van der Waals surface area contributed by atoms with E-state index in [1.54, 1.807) is 24.8 Å². The van der Waals surface area contributed by atoms with E-state index >= 15 is 0 Å². The predicted octanol–water partition coefficient (Wildman–Crippen LogP) is 5.68. The number of ether oxygens (including phenoxy) is 1. The highest BCUT2D eigenvalue weighted by atomic mass is 19.4. The second-order valence-electron chi connectivity index (χ2n) is 9.99. The number of carbonyl (C=O) groups is 2. The fourth-order valence-corrected chi connectivity index (χ4v) is 5.57. The van der Waals surface area contributed by atoms with Gasteiger partial charge in [-0.3, -0.25) is 14.3 Å². The first-order chi connectivity index (χ1) is 17.1. The van der Waals surface area contributed by atoms with Gasteiger partial charge in [-0.05, 0) is 69.9 Å². The number of nitrogens with zero attached hydrogens (tertiary/aromatic N) is 3. The molecule has 2 heterocycles. The van der Waals surface area contributed by atoms with Gasteiger partial charge < -0.3 is 9.64 Å². The van der Waals surface area contributed by atoms with Gasteiger partial charge >= 0.3 is 12.1 Å². The number of carbonyl (C=O) groups excluding carboxylic acids is 2. The number of fused-ring (bicyclic) bond motifs is 1. The summed E-state index contributed by atoms with van der Waals surface area (Å²) in [5.41, 5.74) is 0.451. The third-order valence-corrected chi connectivity index (χ3v) is 7.68. The van der Waals surface area contributed by atoms with Gasteiger partial charge in [0.15, 0.2) is 5.69 Å². The van der Waals surface area contributed by atoms with Crippen LogP contribution in [0, 0.1) is 11.8 Å². The van der Waals surface area contributed by atoms with E-state index in [1.807, 2.05) is 0 Å². The number of aromatic nitrogens is 2. The molecule has 1 unspecified atom stereocenters. The number of amides is 1. The Balaban J connectivity index is 1.47. The predicted molar refractivity (Wildman–Crippen MR) is 124 cm³/mol. The summed E-state index contributed by atoms with van der Waals surface area (Å²) in [5, 5.41) is 3.96. The van der Waals surface area contributed by atoms with Gasteiger partial charge in [-0.15, -0.1) is 0 Å². The third kappa shape index (κ3) is 5.67. The molecular weight excluding hydrogens is 478 g/mol. The Labute approximate surface area is 208 Å². The lowest BCUT2D eigenvalue weighted by Gasteiger charge is -2.32. The molecule has 1 fully saturated rings. The first-order valence-corrected chi connectivity index (χ1v) is 12.7. The number of alkyl halides is 3. The SMILES string of the molecule is CCOC(=O)C1CCC(CC(=O)N2CCc3c(C(F)(F)F)nn(C(C)C4=CC=C(F)CC4)c3C2)CC1. The van der Waals surface area contributed by atoms with Crippen molar-refractivity contribution in [3.63, 3.8) is 0 Å². The van der Waals surface area contributed by atoms with Gasteiger partial charge in [0.1, 0.15) is 5.83 Å². The van der Waals surface area contributed by atoms with Crippen molar-refractivity contribution in [1.82, 2.24) is 14.7 Å². The van der Waals surface area contributed by atoms with Gasteiger partial charge in [-0.2, -0.15) is 18.3 Å². The number of halogens is 4. The minimum Gasteiger partial charge on any atom is -0.466 e. The molecule has 1 amide bonds. The van der Waals surface area contributed by atoms with Crippen molar-refractivity contribution in [3.8, 4) is 0 Å². The van der Waals surface area contributed by atoms with Crippen molar-refractivity contribution in [1.29, 1.82) is 0 Å². The van der Waals surface area contributed by atoms with Crippen LogP contribution in [0.4, 0.5) is 17.6 Å². The van der Waals surface area contributed by atoms with E-state index in [0.717, 1.165) is 18.4 Å². The number of hydrogen-bond acceptors (Lipinski definition) is 4. The summed E-state index contributed by atoms with van der Waals surface area (Å²) in [5.74, 6) is -0.496. The van der Waals surface area contributed by atoms with Crippen LogP contribution in [0.3, 0.4) is 0 Å². The summed E-state index contributed by atoms with van der Waals surface area (Å²) >= 11 is 0. The molecule has 2 aliphatic carbocycles. The van der Waals surface area contributed by atoms with Crippen LogP contribution in [0.25, 0.3) is 0 Å². The molecule has 1 atom stereocenters. The molecule has 1 saturated carbocycles. The van der Waals surface area contributed by atoms with Crippen LogP contribution in [0.15, 0.2) is 23.6 Å². The largest absolute Gasteiger partial charge is 0.466 e. The minimum atomic E-state index is -4.59. The zero-order valence-electron chi connectivity index (χ0n) is 20.7. The van der Waals surface area contributed by atoms with E-state index in [0.29, 0.717) is 38.0 Å². The van der Waals surface area contributed by atoms with E-state index in [-0.39, 0.29) is 61.0 Å². The molecule has 0 N–H and O–H groups in total. The molecule has 0 spiro atoms. The van der Waals surface area contributed by atoms with Gasteiger partial charge in [0.05, 0.1) is 30.8 Å². The quantitative estimate of drug-likeness (QED) is 0.364. The Morgan fingerprint density at radius 2 is 1.86 bits per heavy atom. The zero-order chi connectivity index (χ0) is 26.0. The maximum absolute atomic E-state index is 13.8. The van der Waals surface area contributed by atoms with Crippen molar-refractivity contribution >= 4 is 11.9 Å². The highest BCUT2D eigenvalue weighted by molar-refractivity contribution is 5.77. The maximum atomic E-state index is 13.8. The second-order valence-corrected chi connectivity index (χ2v) is 9.99. The number of allylic oxidation sites excluding steroid dienone is 4. The Hall–Kier alpha value is -2.65. The van der Waals surface area contributed by atoms with Crippen molar-refractivity contribution in [2.24, 2.45) is 11.8 Å². The maximum Gasteiger partial charge on any atom is 0.435 e. The number of hydrogen-bond donors (Lipinski definition) is 0. The standard InChI is InChI=1S/C26H33F4N3O3/c1-3-36-25(35)19-6-4-17(5-7-19)14-23(34)32-13-12-21-22(15-32)33(31-24(21)26(28,29)30)16(2)18-8-10-20(27)11-9-18/h8,10,16-17,19H,3-7,9,11-15H2,1-2H3. The van der Waals surface area contributed by atoms with E-state index in [9.17, 15) is 27.2 Å². The number of rotatable bonds is 6. The lowest BCUT2D eigenvalue weighted by Crippen LogP contribution is -2.38. The van der Waals surface area contributed by atoms with Crippen LogP contribution in [-0.2, 0) is 33.5 Å². The average Bonchev–Trinajstić information content (AvgIpc) is 3.24. The second kappa shape index (κ2) is 10.8. The van der Waals surface area contributed by atoms with Crippen molar-refractivity contribution < 1.29 is 31.9 Å². The molecule has 198 valence electrons. The summed E-state index contributed by atoms with van der Waals surface area (Å²) in [6.45, 7) is 4.17. The summed E-state index contributed by atoms with van der Waals surface area (Å²) in [6.07, 6.45) is 2.28. The normalized spacial score (nSPS) is 23.4. The Bertz CT molecular complexity index is 1050. The molecule has 6 nitrogen and oxygen atoms in total. The van der Waals surface area contributed by atoms with Gasteiger partial charge in [0.2, 0.25) is 5.91 Å². The monoisotopic (exact) mass is 511 g/mol. The van der Waals surface area contributed by atoms with E-state index in [2.05, 4.69) is 5.10 Å². The lowest BCUT2D eigenvalue weighted by molar-refractivity contribution is -0.149. The van der Waals surface area contributed by atoms with Crippen LogP contribution < -0.4 is 0 Å². The van der Waals surface area contributed by atoms with Gasteiger partial charge in [0, 0.05) is 24.9 Å². The molecule has 36 heavy (non-hydrogen) atoms. The number of esters is 1. The van der Waals surface area contributed by atoms with Gasteiger partial charge in [-0.25, -0.2) is 4.39 Å². The van der Waals surface area contributed by atoms with Crippen LogP contribution in [-0.4, -0.2) is 39.7 Å². The lowest BCUT2D eigenvalue weighted by atomic mass is 9.80. The molecular formula is C26H33F4N3O3. The summed E-state index contributed by atoms with van der Waals surface area (Å²) in [7, 11) is 0. The van der Waals surface area contributed by atoms with Crippen molar-refractivity contribution in [3.05, 3.63) is 40.5 Å². The van der Waals surface area contributed by atoms with E-state index in [4.69, 9.17) is 4.74 Å². The molecule has 0 bridgehead atoms. The van der Waals surface area contributed by atoms with Crippen molar-refractivity contribution in [2.75, 3.05) is 13.2 Å². The topological polar surface area (TPSA) is 64.4 Å².